The first kappa shape index (κ1) is 13.2. The summed E-state index contributed by atoms with van der Waals surface area (Å²) in [7, 11) is 0. The van der Waals surface area contributed by atoms with Crippen molar-refractivity contribution in [1.29, 1.82) is 0 Å². The predicted octanol–water partition coefficient (Wildman–Crippen LogP) is 0.991. The summed E-state index contributed by atoms with van der Waals surface area (Å²) >= 11 is 0. The fourth-order valence-corrected chi connectivity index (χ4v) is 2.31. The molecule has 1 atom stereocenters. The van der Waals surface area contributed by atoms with Gasteiger partial charge < -0.3 is 20.9 Å². The van der Waals surface area contributed by atoms with E-state index < -0.39 is 0 Å². The van der Waals surface area contributed by atoms with Crippen LogP contribution in [0.1, 0.15) is 23.2 Å². The lowest BCUT2D eigenvalue weighted by Gasteiger charge is -2.32. The molecule has 1 amide bonds. The molecule has 1 aromatic carbocycles. The van der Waals surface area contributed by atoms with Crippen LogP contribution in [0.15, 0.2) is 29.4 Å². The van der Waals surface area contributed by atoms with E-state index >= 15 is 0 Å². The molecule has 6 heteroatoms. The second-order valence-corrected chi connectivity index (χ2v) is 4.67. The molecule has 0 aromatic heterocycles. The molecule has 102 valence electrons. The van der Waals surface area contributed by atoms with Crippen molar-refractivity contribution in [2.24, 2.45) is 16.8 Å². The first-order valence-electron chi connectivity index (χ1n) is 6.17. The van der Waals surface area contributed by atoms with Crippen LogP contribution >= 0.6 is 0 Å². The number of nitrogens with zero attached hydrogens (tertiary/aromatic N) is 2. The Labute approximate surface area is 111 Å². The van der Waals surface area contributed by atoms with Crippen LogP contribution in [0.3, 0.4) is 0 Å². The molecule has 0 spiro atoms. The number of oxime groups is 1. The number of aromatic hydroxyl groups is 1. The Hall–Kier alpha value is -2.24. The van der Waals surface area contributed by atoms with Crippen LogP contribution in [0.5, 0.6) is 5.75 Å². The molecule has 1 heterocycles. The van der Waals surface area contributed by atoms with Gasteiger partial charge in [0, 0.05) is 24.6 Å². The zero-order chi connectivity index (χ0) is 13.8. The summed E-state index contributed by atoms with van der Waals surface area (Å²) in [5.41, 5.74) is 6.04. The number of likely N-dealkylation sites (tertiary alicyclic amines) is 1. The smallest absolute Gasteiger partial charge is 0.254 e. The van der Waals surface area contributed by atoms with E-state index in [4.69, 9.17) is 10.9 Å². The summed E-state index contributed by atoms with van der Waals surface area (Å²) in [6.45, 7) is 1.08. The van der Waals surface area contributed by atoms with Crippen molar-refractivity contribution in [3.63, 3.8) is 0 Å². The van der Waals surface area contributed by atoms with Crippen molar-refractivity contribution in [3.8, 4) is 5.75 Å². The third-order valence-electron chi connectivity index (χ3n) is 3.34. The van der Waals surface area contributed by atoms with Gasteiger partial charge in [-0.2, -0.15) is 0 Å². The van der Waals surface area contributed by atoms with Gasteiger partial charge in [0.25, 0.3) is 5.91 Å². The van der Waals surface area contributed by atoms with Crippen LogP contribution < -0.4 is 5.73 Å². The summed E-state index contributed by atoms with van der Waals surface area (Å²) in [5, 5.41) is 21.1. The average molecular weight is 263 g/mol. The maximum Gasteiger partial charge on any atom is 0.254 e. The zero-order valence-electron chi connectivity index (χ0n) is 10.5. The van der Waals surface area contributed by atoms with Crippen molar-refractivity contribution in [2.75, 3.05) is 13.1 Å². The minimum atomic E-state index is -0.147. The summed E-state index contributed by atoms with van der Waals surface area (Å²) in [6.07, 6.45) is 1.62. The molecule has 0 saturated carbocycles. The Kier molecular flexibility index (Phi) is 3.89. The highest BCUT2D eigenvalue weighted by Gasteiger charge is 2.26. The normalized spacial score (nSPS) is 20.3. The molecule has 0 radical (unpaired) electrons. The van der Waals surface area contributed by atoms with E-state index in [2.05, 4.69) is 5.16 Å². The monoisotopic (exact) mass is 263 g/mol. The third-order valence-corrected chi connectivity index (χ3v) is 3.34. The van der Waals surface area contributed by atoms with Crippen molar-refractivity contribution in [1.82, 2.24) is 4.90 Å². The zero-order valence-corrected chi connectivity index (χ0v) is 10.5. The van der Waals surface area contributed by atoms with E-state index in [9.17, 15) is 9.90 Å². The van der Waals surface area contributed by atoms with Gasteiger partial charge in [0.1, 0.15) is 11.6 Å². The second kappa shape index (κ2) is 5.60. The summed E-state index contributed by atoms with van der Waals surface area (Å²) in [4.78, 5) is 13.9. The molecule has 19 heavy (non-hydrogen) atoms. The van der Waals surface area contributed by atoms with Crippen LogP contribution in [0.2, 0.25) is 0 Å². The number of phenols is 1. The molecule has 1 aliphatic rings. The molecule has 1 saturated heterocycles. The third kappa shape index (κ3) is 2.96. The quantitative estimate of drug-likeness (QED) is 0.320. The summed E-state index contributed by atoms with van der Waals surface area (Å²) in [5.74, 6) is -0.0319. The standard InChI is InChI=1S/C13H17N3O3/c14-12(15-19)10-4-2-6-16(8-10)13(18)9-3-1-5-11(17)7-9/h1,3,5,7,10,17,19H,2,4,6,8H2,(H2,14,15). The van der Waals surface area contributed by atoms with Gasteiger partial charge in [-0.05, 0) is 31.0 Å². The number of phenolic OH excluding ortho intramolecular Hbond substituents is 1. The number of benzene rings is 1. The first-order chi connectivity index (χ1) is 9.11. The van der Waals surface area contributed by atoms with E-state index in [-0.39, 0.29) is 23.4 Å². The summed E-state index contributed by atoms with van der Waals surface area (Å²) < 4.78 is 0. The van der Waals surface area contributed by atoms with Crippen LogP contribution in [-0.2, 0) is 0 Å². The Morgan fingerprint density at radius 1 is 1.47 bits per heavy atom. The predicted molar refractivity (Wildman–Crippen MR) is 70.1 cm³/mol. The van der Waals surface area contributed by atoms with Gasteiger partial charge in [0.2, 0.25) is 0 Å². The van der Waals surface area contributed by atoms with Crippen LogP contribution in [0, 0.1) is 5.92 Å². The van der Waals surface area contributed by atoms with Crippen LogP contribution in [-0.4, -0.2) is 40.0 Å². The van der Waals surface area contributed by atoms with Gasteiger partial charge in [0.15, 0.2) is 0 Å². The maximum atomic E-state index is 12.3. The Morgan fingerprint density at radius 3 is 2.95 bits per heavy atom. The van der Waals surface area contributed by atoms with Crippen LogP contribution in [0.25, 0.3) is 0 Å². The SMILES string of the molecule is NC(=NO)C1CCCN(C(=O)c2cccc(O)c2)C1. The number of amidine groups is 1. The molecule has 4 N–H and O–H groups in total. The molecule has 0 aliphatic carbocycles. The largest absolute Gasteiger partial charge is 0.508 e. The van der Waals surface area contributed by atoms with E-state index in [0.29, 0.717) is 18.7 Å². The van der Waals surface area contributed by atoms with Gasteiger partial charge in [-0.25, -0.2) is 0 Å². The van der Waals surface area contributed by atoms with Gasteiger partial charge in [0.05, 0.1) is 0 Å². The fraction of sp³-hybridized carbons (Fsp3) is 0.385. The number of carbonyl (C=O) groups is 1. The highest BCUT2D eigenvalue weighted by molar-refractivity contribution is 5.95. The Morgan fingerprint density at radius 2 is 2.26 bits per heavy atom. The van der Waals surface area contributed by atoms with E-state index in [1.165, 1.54) is 12.1 Å². The van der Waals surface area contributed by atoms with Gasteiger partial charge in [-0.15, -0.1) is 0 Å². The number of piperidine rings is 1. The number of amides is 1. The van der Waals surface area contributed by atoms with Gasteiger partial charge in [-0.3, -0.25) is 4.79 Å². The molecular formula is C13H17N3O3. The first-order valence-corrected chi connectivity index (χ1v) is 6.17. The molecule has 6 nitrogen and oxygen atoms in total. The molecule has 0 bridgehead atoms. The number of hydrogen-bond acceptors (Lipinski definition) is 4. The Balaban J connectivity index is 2.11. The van der Waals surface area contributed by atoms with E-state index in [1.54, 1.807) is 17.0 Å². The van der Waals surface area contributed by atoms with Crippen molar-refractivity contribution >= 4 is 11.7 Å². The number of carbonyl (C=O) groups excluding carboxylic acids is 1. The molecule has 1 fully saturated rings. The highest BCUT2D eigenvalue weighted by atomic mass is 16.4. The van der Waals surface area contributed by atoms with Gasteiger partial charge in [-0.1, -0.05) is 11.2 Å². The molecule has 2 rings (SSSR count). The number of hydrogen-bond donors (Lipinski definition) is 3. The average Bonchev–Trinajstić information content (AvgIpc) is 2.45. The molecule has 1 aromatic rings. The number of rotatable bonds is 2. The maximum absolute atomic E-state index is 12.3. The minimum Gasteiger partial charge on any atom is -0.508 e. The fourth-order valence-electron chi connectivity index (χ4n) is 2.31. The number of nitrogens with two attached hydrogens (primary N) is 1. The molecular weight excluding hydrogens is 246 g/mol. The highest BCUT2D eigenvalue weighted by Crippen LogP contribution is 2.20. The lowest BCUT2D eigenvalue weighted by molar-refractivity contribution is 0.0701. The van der Waals surface area contributed by atoms with Crippen molar-refractivity contribution in [2.45, 2.75) is 12.8 Å². The Bertz CT molecular complexity index is 502. The molecule has 1 aliphatic heterocycles. The van der Waals surface area contributed by atoms with Crippen molar-refractivity contribution in [3.05, 3.63) is 29.8 Å². The van der Waals surface area contributed by atoms with Crippen molar-refractivity contribution < 1.29 is 15.1 Å². The minimum absolute atomic E-state index is 0.0656. The van der Waals surface area contributed by atoms with E-state index in [1.807, 2.05) is 0 Å². The molecule has 1 unspecified atom stereocenters. The summed E-state index contributed by atoms with van der Waals surface area (Å²) in [6, 6.07) is 6.25. The lowest BCUT2D eigenvalue weighted by atomic mass is 9.96. The van der Waals surface area contributed by atoms with Crippen LogP contribution in [0.4, 0.5) is 0 Å². The lowest BCUT2D eigenvalue weighted by Crippen LogP contribution is -2.44. The van der Waals surface area contributed by atoms with E-state index in [0.717, 1.165) is 12.8 Å². The topological polar surface area (TPSA) is 99.2 Å². The van der Waals surface area contributed by atoms with Gasteiger partial charge >= 0.3 is 0 Å². The second-order valence-electron chi connectivity index (χ2n) is 4.67.